The highest BCUT2D eigenvalue weighted by Gasteiger charge is 2.34. The van der Waals surface area contributed by atoms with Crippen molar-refractivity contribution in [2.45, 2.75) is 12.8 Å². The molecule has 9 heteroatoms. The first-order valence-electron chi connectivity index (χ1n) is 7.00. The van der Waals surface area contributed by atoms with Gasteiger partial charge in [-0.2, -0.15) is 15.0 Å². The van der Waals surface area contributed by atoms with E-state index < -0.39 is 4.92 Å². The summed E-state index contributed by atoms with van der Waals surface area (Å²) in [6.07, 6.45) is 1.26. The van der Waals surface area contributed by atoms with E-state index >= 15 is 0 Å². The van der Waals surface area contributed by atoms with E-state index in [1.165, 1.54) is 18.0 Å². The molecule has 2 aromatic rings. The Balaban J connectivity index is 1.77. The molecule has 120 valence electrons. The first-order valence-corrected chi connectivity index (χ1v) is 7.00. The SMILES string of the molecule is COC(=O)N1CC(c2cnn(-c3ccc(C)c([N+](=O)[O-])c3)n2)C1. The van der Waals surface area contributed by atoms with Crippen LogP contribution in [0.2, 0.25) is 0 Å². The van der Waals surface area contributed by atoms with Gasteiger partial charge in [0.05, 0.1) is 29.6 Å². The van der Waals surface area contributed by atoms with Crippen LogP contribution in [0.15, 0.2) is 24.4 Å². The fourth-order valence-electron chi connectivity index (χ4n) is 2.45. The maximum atomic E-state index is 11.3. The second kappa shape index (κ2) is 5.67. The molecule has 1 aromatic heterocycles. The van der Waals surface area contributed by atoms with Gasteiger partial charge >= 0.3 is 6.09 Å². The van der Waals surface area contributed by atoms with Gasteiger partial charge < -0.3 is 9.64 Å². The van der Waals surface area contributed by atoms with E-state index in [1.807, 2.05) is 0 Å². The molecular weight excluding hydrogens is 302 g/mol. The van der Waals surface area contributed by atoms with Gasteiger partial charge in [-0.25, -0.2) is 4.79 Å². The van der Waals surface area contributed by atoms with E-state index in [0.29, 0.717) is 24.3 Å². The smallest absolute Gasteiger partial charge is 0.409 e. The van der Waals surface area contributed by atoms with Crippen LogP contribution < -0.4 is 0 Å². The summed E-state index contributed by atoms with van der Waals surface area (Å²) in [4.78, 5) is 24.8. The summed E-state index contributed by atoms with van der Waals surface area (Å²) in [7, 11) is 1.34. The number of nitro groups is 1. The topological polar surface area (TPSA) is 103 Å². The van der Waals surface area contributed by atoms with Crippen molar-refractivity contribution in [1.29, 1.82) is 0 Å². The van der Waals surface area contributed by atoms with Gasteiger partial charge in [0.2, 0.25) is 0 Å². The molecule has 0 spiro atoms. The Morgan fingerprint density at radius 3 is 2.83 bits per heavy atom. The molecule has 0 bridgehead atoms. The van der Waals surface area contributed by atoms with Crippen LogP contribution in [0.3, 0.4) is 0 Å². The number of rotatable bonds is 3. The minimum atomic E-state index is -0.427. The number of ether oxygens (including phenoxy) is 1. The minimum Gasteiger partial charge on any atom is -0.453 e. The molecule has 1 amide bonds. The predicted molar refractivity (Wildman–Crippen MR) is 79.5 cm³/mol. The lowest BCUT2D eigenvalue weighted by Gasteiger charge is -2.36. The van der Waals surface area contributed by atoms with Crippen LogP contribution in [0.5, 0.6) is 0 Å². The summed E-state index contributed by atoms with van der Waals surface area (Å²) in [5, 5.41) is 19.5. The molecule has 0 radical (unpaired) electrons. The maximum absolute atomic E-state index is 11.3. The molecule has 3 rings (SSSR count). The quantitative estimate of drug-likeness (QED) is 0.630. The second-order valence-corrected chi connectivity index (χ2v) is 5.36. The van der Waals surface area contributed by atoms with Gasteiger partial charge in [-0.1, -0.05) is 6.07 Å². The molecule has 0 N–H and O–H groups in total. The average Bonchev–Trinajstić information content (AvgIpc) is 2.95. The van der Waals surface area contributed by atoms with Gasteiger partial charge in [0.15, 0.2) is 0 Å². The predicted octanol–water partition coefficient (Wildman–Crippen LogP) is 1.65. The van der Waals surface area contributed by atoms with Crippen molar-refractivity contribution >= 4 is 11.8 Å². The fourth-order valence-corrected chi connectivity index (χ4v) is 2.45. The molecule has 1 saturated heterocycles. The third kappa shape index (κ3) is 2.72. The molecule has 2 heterocycles. The number of hydrogen-bond acceptors (Lipinski definition) is 6. The monoisotopic (exact) mass is 317 g/mol. The number of hydrogen-bond donors (Lipinski definition) is 0. The number of benzene rings is 1. The van der Waals surface area contributed by atoms with Crippen molar-refractivity contribution in [2.75, 3.05) is 20.2 Å². The highest BCUT2D eigenvalue weighted by Crippen LogP contribution is 2.26. The van der Waals surface area contributed by atoms with E-state index in [-0.39, 0.29) is 17.7 Å². The number of nitrogens with zero attached hydrogens (tertiary/aromatic N) is 5. The van der Waals surface area contributed by atoms with Crippen LogP contribution in [0.1, 0.15) is 17.2 Å². The van der Waals surface area contributed by atoms with Crippen molar-refractivity contribution in [3.8, 4) is 5.69 Å². The summed E-state index contributed by atoms with van der Waals surface area (Å²) in [6.45, 7) is 2.73. The van der Waals surface area contributed by atoms with E-state index in [1.54, 1.807) is 30.2 Å². The van der Waals surface area contributed by atoms with E-state index in [0.717, 1.165) is 5.69 Å². The number of amides is 1. The van der Waals surface area contributed by atoms with Crippen molar-refractivity contribution in [2.24, 2.45) is 0 Å². The van der Waals surface area contributed by atoms with E-state index in [4.69, 9.17) is 0 Å². The van der Waals surface area contributed by atoms with Crippen LogP contribution in [0, 0.1) is 17.0 Å². The molecule has 1 fully saturated rings. The lowest BCUT2D eigenvalue weighted by molar-refractivity contribution is -0.385. The van der Waals surface area contributed by atoms with Crippen LogP contribution in [0.4, 0.5) is 10.5 Å². The van der Waals surface area contributed by atoms with Crippen molar-refractivity contribution < 1.29 is 14.5 Å². The number of aromatic nitrogens is 3. The normalized spacial score (nSPS) is 14.4. The Morgan fingerprint density at radius 1 is 1.43 bits per heavy atom. The highest BCUT2D eigenvalue weighted by molar-refractivity contribution is 5.68. The molecular formula is C14H15N5O4. The van der Waals surface area contributed by atoms with Crippen LogP contribution in [0.25, 0.3) is 5.69 Å². The van der Waals surface area contributed by atoms with Gasteiger partial charge in [-0.15, -0.1) is 0 Å². The molecule has 0 aliphatic carbocycles. The van der Waals surface area contributed by atoms with E-state index in [9.17, 15) is 14.9 Å². The Labute approximate surface area is 131 Å². The van der Waals surface area contributed by atoms with Gasteiger partial charge in [-0.05, 0) is 13.0 Å². The largest absolute Gasteiger partial charge is 0.453 e. The minimum absolute atomic E-state index is 0.0295. The molecule has 1 aliphatic heterocycles. The summed E-state index contributed by atoms with van der Waals surface area (Å²) in [5.41, 5.74) is 1.88. The molecule has 23 heavy (non-hydrogen) atoms. The summed E-state index contributed by atoms with van der Waals surface area (Å²) in [6, 6.07) is 4.84. The number of carbonyl (C=O) groups is 1. The van der Waals surface area contributed by atoms with Gasteiger partial charge in [0.25, 0.3) is 5.69 Å². The Bertz CT molecular complexity index is 766. The maximum Gasteiger partial charge on any atom is 0.409 e. The molecule has 0 saturated carbocycles. The van der Waals surface area contributed by atoms with Gasteiger partial charge in [0.1, 0.15) is 0 Å². The second-order valence-electron chi connectivity index (χ2n) is 5.36. The molecule has 9 nitrogen and oxygen atoms in total. The lowest BCUT2D eigenvalue weighted by atomic mass is 9.98. The summed E-state index contributed by atoms with van der Waals surface area (Å²) >= 11 is 0. The van der Waals surface area contributed by atoms with Crippen LogP contribution in [-0.2, 0) is 4.74 Å². The van der Waals surface area contributed by atoms with E-state index in [2.05, 4.69) is 14.9 Å². The zero-order valence-corrected chi connectivity index (χ0v) is 12.7. The van der Waals surface area contributed by atoms with Gasteiger partial charge in [-0.3, -0.25) is 10.1 Å². The molecule has 0 atom stereocenters. The molecule has 1 aromatic carbocycles. The highest BCUT2D eigenvalue weighted by atomic mass is 16.6. The third-order valence-corrected chi connectivity index (χ3v) is 3.86. The average molecular weight is 317 g/mol. The van der Waals surface area contributed by atoms with Crippen LogP contribution >= 0.6 is 0 Å². The molecule has 1 aliphatic rings. The first-order chi connectivity index (χ1) is 11.0. The number of aryl methyl sites for hydroxylation is 1. The zero-order chi connectivity index (χ0) is 16.6. The Morgan fingerprint density at radius 2 is 2.17 bits per heavy atom. The fraction of sp³-hybridized carbons (Fsp3) is 0.357. The van der Waals surface area contributed by atoms with Crippen molar-refractivity contribution in [3.63, 3.8) is 0 Å². The Hall–Kier alpha value is -2.97. The summed E-state index contributed by atoms with van der Waals surface area (Å²) < 4.78 is 4.64. The van der Waals surface area contributed by atoms with Gasteiger partial charge in [0, 0.05) is 30.6 Å². The molecule has 0 unspecified atom stereocenters. The van der Waals surface area contributed by atoms with Crippen LogP contribution in [-0.4, -0.2) is 51.1 Å². The number of nitro benzene ring substituents is 1. The van der Waals surface area contributed by atoms with Crippen molar-refractivity contribution in [3.05, 3.63) is 45.8 Å². The zero-order valence-electron chi connectivity index (χ0n) is 12.7. The summed E-state index contributed by atoms with van der Waals surface area (Å²) in [5.74, 6) is 0.100. The third-order valence-electron chi connectivity index (χ3n) is 3.86. The standard InChI is InChI=1S/C14H15N5O4/c1-9-3-4-11(5-13(9)19(21)22)18-15-6-12(16-18)10-7-17(8-10)14(20)23-2/h3-6,10H,7-8H2,1-2H3. The first kappa shape index (κ1) is 14.9. The Kier molecular flexibility index (Phi) is 3.68. The van der Waals surface area contributed by atoms with Crippen molar-refractivity contribution in [1.82, 2.24) is 19.9 Å². The number of methoxy groups -OCH3 is 1. The number of likely N-dealkylation sites (tertiary alicyclic amines) is 1. The number of carbonyl (C=O) groups excluding carboxylic acids is 1. The lowest BCUT2D eigenvalue weighted by Crippen LogP contribution is -2.48.